The summed E-state index contributed by atoms with van der Waals surface area (Å²) in [5, 5.41) is 0. The summed E-state index contributed by atoms with van der Waals surface area (Å²) in [7, 11) is 0. The van der Waals surface area contributed by atoms with Crippen molar-refractivity contribution in [2.75, 3.05) is 6.54 Å². The van der Waals surface area contributed by atoms with Crippen LogP contribution in [0.5, 0.6) is 0 Å². The maximum atomic E-state index is 6.42. The van der Waals surface area contributed by atoms with E-state index in [1.807, 2.05) is 0 Å². The number of rotatable bonds is 6. The third kappa shape index (κ3) is 3.82. The predicted octanol–water partition coefficient (Wildman–Crippen LogP) is 3.50. The van der Waals surface area contributed by atoms with Gasteiger partial charge in [-0.15, -0.1) is 0 Å². The summed E-state index contributed by atoms with van der Waals surface area (Å²) in [6.07, 6.45) is 1.17. The van der Waals surface area contributed by atoms with E-state index >= 15 is 0 Å². The molecular weight excluding hydrogens is 220 g/mol. The maximum Gasteiger partial charge on any atom is 0.0450 e. The Hall–Kier alpha value is -0.860. The fourth-order valence-electron chi connectivity index (χ4n) is 2.46. The topological polar surface area (TPSA) is 29.3 Å². The number of hydrogen-bond donors (Lipinski definition) is 1. The smallest absolute Gasteiger partial charge is 0.0450 e. The lowest BCUT2D eigenvalue weighted by Gasteiger charge is -2.36. The van der Waals surface area contributed by atoms with Crippen molar-refractivity contribution in [1.29, 1.82) is 0 Å². The average Bonchev–Trinajstić information content (AvgIpc) is 2.35. The predicted molar refractivity (Wildman–Crippen MR) is 79.7 cm³/mol. The second-order valence-corrected chi connectivity index (χ2v) is 5.51. The van der Waals surface area contributed by atoms with E-state index in [0.29, 0.717) is 12.1 Å². The highest BCUT2D eigenvalue weighted by Gasteiger charge is 2.23. The van der Waals surface area contributed by atoms with Gasteiger partial charge in [-0.1, -0.05) is 36.8 Å². The van der Waals surface area contributed by atoms with Crippen molar-refractivity contribution in [1.82, 2.24) is 4.90 Å². The zero-order chi connectivity index (χ0) is 13.7. The van der Waals surface area contributed by atoms with Crippen LogP contribution in [0.25, 0.3) is 0 Å². The molecule has 1 aromatic carbocycles. The van der Waals surface area contributed by atoms with Crippen molar-refractivity contribution < 1.29 is 0 Å². The summed E-state index contributed by atoms with van der Waals surface area (Å²) in [6.45, 7) is 12.2. The summed E-state index contributed by atoms with van der Waals surface area (Å²) in [5.41, 5.74) is 8.93. The van der Waals surface area contributed by atoms with Crippen LogP contribution in [0.4, 0.5) is 0 Å². The largest absolute Gasteiger partial charge is 0.323 e. The molecule has 2 N–H and O–H groups in total. The van der Waals surface area contributed by atoms with Gasteiger partial charge >= 0.3 is 0 Å². The zero-order valence-electron chi connectivity index (χ0n) is 12.5. The first kappa shape index (κ1) is 15.2. The summed E-state index contributed by atoms with van der Waals surface area (Å²) < 4.78 is 0. The first-order chi connectivity index (χ1) is 8.47. The van der Waals surface area contributed by atoms with Crippen molar-refractivity contribution in [3.05, 3.63) is 35.4 Å². The van der Waals surface area contributed by atoms with E-state index in [9.17, 15) is 0 Å². The van der Waals surface area contributed by atoms with Gasteiger partial charge in [0.2, 0.25) is 0 Å². The molecule has 2 unspecified atom stereocenters. The lowest BCUT2D eigenvalue weighted by atomic mass is 9.98. The maximum absolute atomic E-state index is 6.42. The molecule has 0 radical (unpaired) electrons. The van der Waals surface area contributed by atoms with E-state index in [-0.39, 0.29) is 6.04 Å². The van der Waals surface area contributed by atoms with Crippen molar-refractivity contribution in [3.8, 4) is 0 Å². The Morgan fingerprint density at radius 1 is 1.11 bits per heavy atom. The minimum absolute atomic E-state index is 0.0829. The molecule has 0 saturated heterocycles. The normalized spacial score (nSPS) is 15.1. The highest BCUT2D eigenvalue weighted by molar-refractivity contribution is 5.24. The molecule has 0 spiro atoms. The molecule has 0 aliphatic carbocycles. The van der Waals surface area contributed by atoms with Crippen LogP contribution in [0.15, 0.2) is 24.3 Å². The number of nitrogens with two attached hydrogens (primary N) is 1. The number of benzene rings is 1. The van der Waals surface area contributed by atoms with E-state index in [2.05, 4.69) is 63.8 Å². The third-order valence-electron chi connectivity index (χ3n) is 3.65. The van der Waals surface area contributed by atoms with Crippen LogP contribution in [0, 0.1) is 6.92 Å². The molecule has 0 amide bonds. The van der Waals surface area contributed by atoms with Gasteiger partial charge in [0.05, 0.1) is 0 Å². The second kappa shape index (κ2) is 6.91. The second-order valence-electron chi connectivity index (χ2n) is 5.51. The minimum atomic E-state index is 0.0829. The van der Waals surface area contributed by atoms with Crippen LogP contribution in [0.2, 0.25) is 0 Å². The van der Waals surface area contributed by atoms with Crippen LogP contribution in [0.3, 0.4) is 0 Å². The zero-order valence-corrected chi connectivity index (χ0v) is 12.5. The molecule has 1 aromatic rings. The Labute approximate surface area is 112 Å². The molecular formula is C16H28N2. The van der Waals surface area contributed by atoms with E-state index in [4.69, 9.17) is 5.73 Å². The molecule has 0 fully saturated rings. The van der Waals surface area contributed by atoms with Gasteiger partial charge in [0.1, 0.15) is 0 Å². The summed E-state index contributed by atoms with van der Waals surface area (Å²) in [4.78, 5) is 2.49. The number of hydrogen-bond acceptors (Lipinski definition) is 2. The van der Waals surface area contributed by atoms with Gasteiger partial charge in [-0.3, -0.25) is 4.90 Å². The van der Waals surface area contributed by atoms with E-state index in [1.54, 1.807) is 0 Å². The van der Waals surface area contributed by atoms with Crippen LogP contribution in [-0.2, 0) is 0 Å². The van der Waals surface area contributed by atoms with Crippen molar-refractivity contribution in [2.24, 2.45) is 5.73 Å². The van der Waals surface area contributed by atoms with E-state index in [0.717, 1.165) is 6.54 Å². The van der Waals surface area contributed by atoms with Crippen LogP contribution in [0.1, 0.15) is 51.3 Å². The summed E-state index contributed by atoms with van der Waals surface area (Å²) in [6, 6.07) is 9.58. The van der Waals surface area contributed by atoms with Gasteiger partial charge < -0.3 is 5.73 Å². The monoisotopic (exact) mass is 248 g/mol. The highest BCUT2D eigenvalue weighted by Crippen LogP contribution is 2.21. The molecule has 0 heterocycles. The molecule has 0 saturated carbocycles. The van der Waals surface area contributed by atoms with E-state index in [1.165, 1.54) is 17.5 Å². The molecule has 0 aliphatic rings. The quantitative estimate of drug-likeness (QED) is 0.835. The Kier molecular flexibility index (Phi) is 5.83. The lowest BCUT2D eigenvalue weighted by molar-refractivity contribution is 0.143. The molecule has 1 rings (SSSR count). The first-order valence-corrected chi connectivity index (χ1v) is 7.05. The molecule has 0 aromatic heterocycles. The van der Waals surface area contributed by atoms with Gasteiger partial charge in [0.15, 0.2) is 0 Å². The molecule has 2 atom stereocenters. The van der Waals surface area contributed by atoms with Crippen molar-refractivity contribution in [3.63, 3.8) is 0 Å². The van der Waals surface area contributed by atoms with Crippen LogP contribution in [-0.4, -0.2) is 23.5 Å². The van der Waals surface area contributed by atoms with Gasteiger partial charge in [-0.2, -0.15) is 0 Å². The van der Waals surface area contributed by atoms with Gasteiger partial charge in [-0.05, 0) is 46.2 Å². The molecule has 102 valence electrons. The Balaban J connectivity index is 2.80. The van der Waals surface area contributed by atoms with Gasteiger partial charge in [0, 0.05) is 18.1 Å². The van der Waals surface area contributed by atoms with Gasteiger partial charge in [0.25, 0.3) is 0 Å². The fraction of sp³-hybridized carbons (Fsp3) is 0.625. The van der Waals surface area contributed by atoms with Crippen molar-refractivity contribution in [2.45, 2.75) is 59.2 Å². The van der Waals surface area contributed by atoms with Crippen LogP contribution >= 0.6 is 0 Å². The highest BCUT2D eigenvalue weighted by atomic mass is 15.2. The molecule has 2 nitrogen and oxygen atoms in total. The summed E-state index contributed by atoms with van der Waals surface area (Å²) >= 11 is 0. The average molecular weight is 248 g/mol. The van der Waals surface area contributed by atoms with Gasteiger partial charge in [-0.25, -0.2) is 0 Å². The molecule has 0 bridgehead atoms. The van der Waals surface area contributed by atoms with Crippen LogP contribution < -0.4 is 5.73 Å². The Bertz CT molecular complexity index is 343. The first-order valence-electron chi connectivity index (χ1n) is 7.05. The Morgan fingerprint density at radius 3 is 2.11 bits per heavy atom. The number of aryl methyl sites for hydroxylation is 1. The standard InChI is InChI=1S/C16H28N2/c1-6-11-18(12(2)3)14(5)16(17)15-9-7-13(4)8-10-15/h7-10,12,14,16H,6,11,17H2,1-5H3. The lowest BCUT2D eigenvalue weighted by Crippen LogP contribution is -2.45. The third-order valence-corrected chi connectivity index (χ3v) is 3.65. The van der Waals surface area contributed by atoms with E-state index < -0.39 is 0 Å². The number of nitrogens with zero attached hydrogens (tertiary/aromatic N) is 1. The summed E-state index contributed by atoms with van der Waals surface area (Å²) in [5.74, 6) is 0. The van der Waals surface area contributed by atoms with Crippen molar-refractivity contribution >= 4 is 0 Å². The molecule has 2 heteroatoms. The molecule has 0 aliphatic heterocycles. The fourth-order valence-corrected chi connectivity index (χ4v) is 2.46. The molecule has 18 heavy (non-hydrogen) atoms. The SMILES string of the molecule is CCCN(C(C)C)C(C)C(N)c1ccc(C)cc1. The Morgan fingerprint density at radius 2 is 1.67 bits per heavy atom. The minimum Gasteiger partial charge on any atom is -0.323 e.